The highest BCUT2D eigenvalue weighted by Crippen LogP contribution is 2.17. The molecule has 3 aromatic rings. The maximum Gasteiger partial charge on any atom is 0.191 e. The molecule has 4 heterocycles. The summed E-state index contributed by atoms with van der Waals surface area (Å²) in [5.74, 6) is 2.84. The van der Waals surface area contributed by atoms with Crippen LogP contribution in [0.1, 0.15) is 18.7 Å². The average Bonchev–Trinajstić information content (AvgIpc) is 3.17. The number of guanidine groups is 1. The van der Waals surface area contributed by atoms with E-state index in [9.17, 15) is 0 Å². The summed E-state index contributed by atoms with van der Waals surface area (Å²) in [6.07, 6.45) is 6.75. The van der Waals surface area contributed by atoms with Gasteiger partial charge in [-0.25, -0.2) is 4.98 Å². The van der Waals surface area contributed by atoms with Crippen molar-refractivity contribution in [3.63, 3.8) is 0 Å². The lowest BCUT2D eigenvalue weighted by Gasteiger charge is -2.33. The topological polar surface area (TPSA) is 82.7 Å². The van der Waals surface area contributed by atoms with Gasteiger partial charge in [-0.1, -0.05) is 12.1 Å². The minimum Gasteiger partial charge on any atom is -0.356 e. The predicted octanol–water partition coefficient (Wildman–Crippen LogP) is 1.50. The molecule has 1 fully saturated rings. The predicted molar refractivity (Wildman–Crippen MR) is 111 cm³/mol. The van der Waals surface area contributed by atoms with Crippen molar-refractivity contribution >= 4 is 17.4 Å². The van der Waals surface area contributed by atoms with Gasteiger partial charge in [-0.15, -0.1) is 10.2 Å². The molecule has 0 saturated carbocycles. The van der Waals surface area contributed by atoms with Crippen molar-refractivity contribution in [2.75, 3.05) is 31.6 Å². The van der Waals surface area contributed by atoms with Crippen molar-refractivity contribution in [1.82, 2.24) is 30.2 Å². The number of piperidine rings is 1. The summed E-state index contributed by atoms with van der Waals surface area (Å²) < 4.78 is 2.02. The third-order valence-electron chi connectivity index (χ3n) is 5.06. The Balaban J connectivity index is 1.24. The number of aliphatic imine (C=N–C) groups is 1. The minimum atomic E-state index is 0.417. The molecule has 0 unspecified atom stereocenters. The van der Waals surface area contributed by atoms with Crippen LogP contribution in [0.5, 0.6) is 0 Å². The number of nitrogens with zero attached hydrogens (tertiary/aromatic N) is 6. The Hall–Kier alpha value is -3.16. The molecular weight excluding hydrogens is 352 g/mol. The lowest BCUT2D eigenvalue weighted by molar-refractivity contribution is 0.459. The van der Waals surface area contributed by atoms with E-state index in [4.69, 9.17) is 0 Å². The van der Waals surface area contributed by atoms with E-state index < -0.39 is 0 Å². The molecule has 0 atom stereocenters. The molecule has 0 bridgehead atoms. The molecule has 1 saturated heterocycles. The first kappa shape index (κ1) is 18.2. The SMILES string of the molecule is CN=C(NCCc1nnc2ccccn12)NC1CCN(c2ccccn2)CC1. The van der Waals surface area contributed by atoms with Gasteiger partial charge in [-0.05, 0) is 37.1 Å². The summed E-state index contributed by atoms with van der Waals surface area (Å²) >= 11 is 0. The molecule has 28 heavy (non-hydrogen) atoms. The quantitative estimate of drug-likeness (QED) is 0.517. The molecule has 0 radical (unpaired) electrons. The molecule has 0 aliphatic carbocycles. The molecule has 1 aliphatic heterocycles. The Bertz CT molecular complexity index is 912. The molecule has 0 aromatic carbocycles. The summed E-state index contributed by atoms with van der Waals surface area (Å²) in [5, 5.41) is 15.4. The maximum atomic E-state index is 4.45. The van der Waals surface area contributed by atoms with Crippen LogP contribution in [-0.2, 0) is 6.42 Å². The van der Waals surface area contributed by atoms with Crippen molar-refractivity contribution < 1.29 is 0 Å². The number of pyridine rings is 2. The fourth-order valence-electron chi connectivity index (χ4n) is 3.54. The molecule has 8 nitrogen and oxygen atoms in total. The van der Waals surface area contributed by atoms with Crippen LogP contribution in [0.3, 0.4) is 0 Å². The Morgan fingerprint density at radius 2 is 2.00 bits per heavy atom. The second-order valence-electron chi connectivity index (χ2n) is 6.89. The van der Waals surface area contributed by atoms with Gasteiger partial charge >= 0.3 is 0 Å². The Morgan fingerprint density at radius 1 is 1.14 bits per heavy atom. The maximum absolute atomic E-state index is 4.45. The summed E-state index contributed by atoms with van der Waals surface area (Å²) in [7, 11) is 1.81. The van der Waals surface area contributed by atoms with E-state index in [0.717, 1.165) is 62.1 Å². The smallest absolute Gasteiger partial charge is 0.191 e. The zero-order valence-electron chi connectivity index (χ0n) is 16.1. The molecule has 1 aliphatic rings. The number of anilines is 1. The Labute approximate surface area is 164 Å². The number of rotatable bonds is 5. The zero-order valence-corrected chi connectivity index (χ0v) is 16.1. The lowest BCUT2D eigenvalue weighted by atomic mass is 10.1. The third-order valence-corrected chi connectivity index (χ3v) is 5.06. The minimum absolute atomic E-state index is 0.417. The van der Waals surface area contributed by atoms with Crippen LogP contribution < -0.4 is 15.5 Å². The van der Waals surface area contributed by atoms with Gasteiger partial charge in [0.25, 0.3) is 0 Å². The molecule has 146 valence electrons. The number of hydrogen-bond donors (Lipinski definition) is 2. The largest absolute Gasteiger partial charge is 0.356 e. The molecule has 8 heteroatoms. The van der Waals surface area contributed by atoms with Gasteiger partial charge in [0, 0.05) is 51.5 Å². The second-order valence-corrected chi connectivity index (χ2v) is 6.89. The number of fused-ring (bicyclic) bond motifs is 1. The Kier molecular flexibility index (Phi) is 5.65. The molecule has 0 amide bonds. The summed E-state index contributed by atoms with van der Waals surface area (Å²) in [4.78, 5) is 11.2. The highest BCUT2D eigenvalue weighted by molar-refractivity contribution is 5.80. The number of nitrogens with one attached hydrogen (secondary N) is 2. The van der Waals surface area contributed by atoms with E-state index in [1.54, 1.807) is 0 Å². The standard InChI is InChI=1S/C20H26N8/c1-21-20(23-12-8-19-26-25-18-7-3-5-13-28(18)19)24-16-9-14-27(15-10-16)17-6-2-4-11-22-17/h2-7,11,13,16H,8-10,12,14-15H2,1H3,(H2,21,23,24). The summed E-state index contributed by atoms with van der Waals surface area (Å²) in [5.41, 5.74) is 0.875. The first-order chi connectivity index (χ1) is 13.8. The van der Waals surface area contributed by atoms with Gasteiger partial charge in [0.2, 0.25) is 0 Å². The van der Waals surface area contributed by atoms with Gasteiger partial charge in [-0.3, -0.25) is 9.39 Å². The van der Waals surface area contributed by atoms with Crippen LogP contribution in [0, 0.1) is 0 Å². The molecule has 2 N–H and O–H groups in total. The highest BCUT2D eigenvalue weighted by Gasteiger charge is 2.20. The van der Waals surface area contributed by atoms with Crippen LogP contribution >= 0.6 is 0 Å². The Morgan fingerprint density at radius 3 is 2.79 bits per heavy atom. The van der Waals surface area contributed by atoms with E-state index in [1.807, 2.05) is 54.2 Å². The summed E-state index contributed by atoms with van der Waals surface area (Å²) in [6.45, 7) is 2.75. The van der Waals surface area contributed by atoms with E-state index in [-0.39, 0.29) is 0 Å². The van der Waals surface area contributed by atoms with Crippen molar-refractivity contribution in [3.8, 4) is 0 Å². The fourth-order valence-corrected chi connectivity index (χ4v) is 3.54. The van der Waals surface area contributed by atoms with Crippen LogP contribution in [0.15, 0.2) is 53.8 Å². The highest BCUT2D eigenvalue weighted by atomic mass is 15.3. The van der Waals surface area contributed by atoms with Crippen molar-refractivity contribution in [1.29, 1.82) is 0 Å². The van der Waals surface area contributed by atoms with Crippen LogP contribution in [-0.4, -0.2) is 58.3 Å². The van der Waals surface area contributed by atoms with E-state index in [1.165, 1.54) is 0 Å². The fraction of sp³-hybridized carbons (Fsp3) is 0.400. The van der Waals surface area contributed by atoms with Gasteiger partial charge < -0.3 is 15.5 Å². The molecular formula is C20H26N8. The van der Waals surface area contributed by atoms with Crippen LogP contribution in [0.2, 0.25) is 0 Å². The van der Waals surface area contributed by atoms with Crippen LogP contribution in [0.4, 0.5) is 5.82 Å². The zero-order chi connectivity index (χ0) is 19.2. The lowest BCUT2D eigenvalue weighted by Crippen LogP contribution is -2.49. The third kappa shape index (κ3) is 4.21. The van der Waals surface area contributed by atoms with Crippen molar-refractivity contribution in [3.05, 3.63) is 54.6 Å². The van der Waals surface area contributed by atoms with Crippen molar-refractivity contribution in [2.24, 2.45) is 4.99 Å². The van der Waals surface area contributed by atoms with Gasteiger partial charge in [0.1, 0.15) is 11.6 Å². The van der Waals surface area contributed by atoms with E-state index in [0.29, 0.717) is 6.04 Å². The van der Waals surface area contributed by atoms with E-state index >= 15 is 0 Å². The first-order valence-electron chi connectivity index (χ1n) is 9.75. The van der Waals surface area contributed by atoms with Crippen molar-refractivity contribution in [2.45, 2.75) is 25.3 Å². The normalized spacial score (nSPS) is 15.8. The second kappa shape index (κ2) is 8.69. The molecule has 0 spiro atoms. The number of hydrogen-bond acceptors (Lipinski definition) is 5. The van der Waals surface area contributed by atoms with Gasteiger partial charge in [-0.2, -0.15) is 0 Å². The average molecular weight is 378 g/mol. The van der Waals surface area contributed by atoms with Crippen LogP contribution in [0.25, 0.3) is 5.65 Å². The number of aromatic nitrogens is 4. The molecule has 3 aromatic heterocycles. The monoisotopic (exact) mass is 378 g/mol. The first-order valence-corrected chi connectivity index (χ1v) is 9.75. The van der Waals surface area contributed by atoms with E-state index in [2.05, 4.69) is 41.8 Å². The summed E-state index contributed by atoms with van der Waals surface area (Å²) in [6, 6.07) is 12.4. The molecule has 4 rings (SSSR count). The van der Waals surface area contributed by atoms with Gasteiger partial charge in [0.15, 0.2) is 11.6 Å². The van der Waals surface area contributed by atoms with Gasteiger partial charge in [0.05, 0.1) is 0 Å².